The number of benzene rings is 1. The van der Waals surface area contributed by atoms with E-state index in [-0.39, 0.29) is 5.46 Å². The fourth-order valence-electron chi connectivity index (χ4n) is 1.22. The Labute approximate surface area is 125 Å². The van der Waals surface area contributed by atoms with Gasteiger partial charge in [-0.15, -0.1) is 13.2 Å². The maximum atomic E-state index is 13.5. The van der Waals surface area contributed by atoms with E-state index in [4.69, 9.17) is 4.65 Å². The summed E-state index contributed by atoms with van der Waals surface area (Å²) in [5, 5.41) is 9.87. The third-order valence-electron chi connectivity index (χ3n) is 3.20. The van der Waals surface area contributed by atoms with E-state index < -0.39 is 34.9 Å². The molecule has 0 amide bonds. The van der Waals surface area contributed by atoms with Crippen molar-refractivity contribution in [1.29, 1.82) is 0 Å². The van der Waals surface area contributed by atoms with Gasteiger partial charge in [0.1, 0.15) is 0 Å². The van der Waals surface area contributed by atoms with Crippen molar-refractivity contribution in [3.63, 3.8) is 0 Å². The van der Waals surface area contributed by atoms with Crippen molar-refractivity contribution in [2.45, 2.75) is 45.3 Å². The molecule has 0 unspecified atom stereocenters. The van der Waals surface area contributed by atoms with Crippen LogP contribution in [0.4, 0.5) is 22.0 Å². The highest BCUT2D eigenvalue weighted by molar-refractivity contribution is 6.47. The van der Waals surface area contributed by atoms with E-state index >= 15 is 0 Å². The van der Waals surface area contributed by atoms with Crippen LogP contribution < -0.4 is 10.2 Å². The number of aliphatic hydroxyl groups is 1. The van der Waals surface area contributed by atoms with Crippen LogP contribution in [-0.4, -0.2) is 30.2 Å². The van der Waals surface area contributed by atoms with Gasteiger partial charge in [-0.05, 0) is 45.3 Å². The highest BCUT2D eigenvalue weighted by atomic mass is 19.4. The van der Waals surface area contributed by atoms with Crippen molar-refractivity contribution in [3.8, 4) is 5.75 Å². The number of hydrogen-bond acceptors (Lipinski definition) is 3. The lowest BCUT2D eigenvalue weighted by Gasteiger charge is -2.37. The molecule has 0 spiro atoms. The van der Waals surface area contributed by atoms with Gasteiger partial charge in [0.05, 0.1) is 11.2 Å². The second-order valence-corrected chi connectivity index (χ2v) is 5.67. The second kappa shape index (κ2) is 6.04. The maximum Gasteiger partial charge on any atom is 0.573 e. The molecular weight excluding hydrogens is 310 g/mol. The molecule has 3 nitrogen and oxygen atoms in total. The molecule has 0 saturated carbocycles. The van der Waals surface area contributed by atoms with E-state index in [0.717, 1.165) is 7.48 Å². The molecule has 9 heteroatoms. The number of ether oxygens (including phenoxy) is 1. The van der Waals surface area contributed by atoms with Gasteiger partial charge in [-0.25, -0.2) is 8.78 Å². The number of hydrogen-bond donors (Lipinski definition) is 1. The smallest absolute Gasteiger partial charge is 0.427 e. The van der Waals surface area contributed by atoms with Gasteiger partial charge in [-0.3, -0.25) is 0 Å². The predicted octanol–water partition coefficient (Wildman–Crippen LogP) is 2.67. The van der Waals surface area contributed by atoms with Gasteiger partial charge in [0.25, 0.3) is 0 Å². The first-order valence-electron chi connectivity index (χ1n) is 6.21. The average Bonchev–Trinajstić information content (AvgIpc) is 2.29. The standard InChI is InChI=1S/C13H15BF5O3/c1-11(2,20)12(3,4)22-14-7-5-8(15)10(9(16)6-7)21-13(17,18)19/h5-6,20H,1-4H3. The lowest BCUT2D eigenvalue weighted by Crippen LogP contribution is -2.49. The van der Waals surface area contributed by atoms with E-state index in [2.05, 4.69) is 4.74 Å². The van der Waals surface area contributed by atoms with Crippen molar-refractivity contribution in [2.24, 2.45) is 0 Å². The maximum absolute atomic E-state index is 13.5. The van der Waals surface area contributed by atoms with E-state index in [9.17, 15) is 27.1 Å². The fraction of sp³-hybridized carbons (Fsp3) is 0.538. The molecule has 22 heavy (non-hydrogen) atoms. The van der Waals surface area contributed by atoms with Crippen LogP contribution in [-0.2, 0) is 4.65 Å². The summed E-state index contributed by atoms with van der Waals surface area (Å²) in [6, 6.07) is 1.26. The first-order valence-corrected chi connectivity index (χ1v) is 6.21. The molecule has 0 aromatic heterocycles. The first-order chi connectivity index (χ1) is 9.73. The molecule has 1 N–H and O–H groups in total. The summed E-state index contributed by atoms with van der Waals surface area (Å²) in [4.78, 5) is 0. The van der Waals surface area contributed by atoms with Gasteiger partial charge >= 0.3 is 13.8 Å². The molecule has 0 aliphatic carbocycles. The molecule has 0 aliphatic heterocycles. The minimum absolute atomic E-state index is 0.151. The van der Waals surface area contributed by atoms with Crippen molar-refractivity contribution in [2.75, 3.05) is 0 Å². The summed E-state index contributed by atoms with van der Waals surface area (Å²) in [7, 11) is 0.946. The second-order valence-electron chi connectivity index (χ2n) is 5.67. The van der Waals surface area contributed by atoms with Gasteiger partial charge < -0.3 is 14.5 Å². The Hall–Kier alpha value is -1.35. The zero-order valence-electron chi connectivity index (χ0n) is 12.4. The summed E-state index contributed by atoms with van der Waals surface area (Å²) in [6.07, 6.45) is -5.20. The minimum Gasteiger partial charge on any atom is -0.427 e. The highest BCUT2D eigenvalue weighted by Gasteiger charge is 2.36. The Morgan fingerprint density at radius 1 is 1.00 bits per heavy atom. The molecule has 0 atom stereocenters. The van der Waals surface area contributed by atoms with Crippen LogP contribution in [0.3, 0.4) is 0 Å². The van der Waals surface area contributed by atoms with E-state index in [1.54, 1.807) is 0 Å². The SMILES string of the molecule is CC(C)(O)C(C)(C)O[B]c1cc(F)c(OC(F)(F)F)c(F)c1. The summed E-state index contributed by atoms with van der Waals surface area (Å²) in [5.41, 5.74) is -2.51. The van der Waals surface area contributed by atoms with Crippen molar-refractivity contribution < 1.29 is 36.4 Å². The molecule has 1 aromatic rings. The third-order valence-corrected chi connectivity index (χ3v) is 3.20. The number of alkyl halides is 3. The fourth-order valence-corrected chi connectivity index (χ4v) is 1.22. The normalized spacial score (nSPS) is 13.2. The molecular formula is C13H15BF5O3. The Bertz CT molecular complexity index is 514. The third kappa shape index (κ3) is 4.84. The predicted molar refractivity (Wildman–Crippen MR) is 69.9 cm³/mol. The van der Waals surface area contributed by atoms with Crippen LogP contribution in [0.2, 0.25) is 0 Å². The van der Waals surface area contributed by atoms with E-state index in [0.29, 0.717) is 12.1 Å². The van der Waals surface area contributed by atoms with Crippen molar-refractivity contribution in [3.05, 3.63) is 23.8 Å². The molecule has 0 fully saturated rings. The molecule has 0 bridgehead atoms. The topological polar surface area (TPSA) is 38.7 Å². The lowest BCUT2D eigenvalue weighted by atomic mass is 9.82. The summed E-state index contributed by atoms with van der Waals surface area (Å²) in [5.74, 6) is -4.58. The van der Waals surface area contributed by atoms with Gasteiger partial charge in [-0.1, -0.05) is 0 Å². The largest absolute Gasteiger partial charge is 0.573 e. The molecule has 1 rings (SSSR count). The van der Waals surface area contributed by atoms with Crippen molar-refractivity contribution >= 4 is 12.9 Å². The van der Waals surface area contributed by atoms with Crippen molar-refractivity contribution in [1.82, 2.24) is 0 Å². The van der Waals surface area contributed by atoms with E-state index in [1.165, 1.54) is 27.7 Å². The van der Waals surface area contributed by atoms with Gasteiger partial charge in [0, 0.05) is 0 Å². The monoisotopic (exact) mass is 325 g/mol. The Morgan fingerprint density at radius 3 is 1.82 bits per heavy atom. The Balaban J connectivity index is 2.92. The van der Waals surface area contributed by atoms with Crippen LogP contribution in [0, 0.1) is 11.6 Å². The zero-order valence-corrected chi connectivity index (χ0v) is 12.4. The van der Waals surface area contributed by atoms with Gasteiger partial charge in [0.15, 0.2) is 11.6 Å². The van der Waals surface area contributed by atoms with Crippen LogP contribution in [0.15, 0.2) is 12.1 Å². The number of halogens is 5. The van der Waals surface area contributed by atoms with Crippen LogP contribution in [0.5, 0.6) is 5.75 Å². The van der Waals surface area contributed by atoms with Crippen LogP contribution in [0.25, 0.3) is 0 Å². The quantitative estimate of drug-likeness (QED) is 0.668. The van der Waals surface area contributed by atoms with Crippen LogP contribution >= 0.6 is 0 Å². The lowest BCUT2D eigenvalue weighted by molar-refractivity contribution is -0.276. The molecule has 0 heterocycles. The Morgan fingerprint density at radius 2 is 1.45 bits per heavy atom. The van der Waals surface area contributed by atoms with E-state index in [1.807, 2.05) is 0 Å². The van der Waals surface area contributed by atoms with Gasteiger partial charge in [0.2, 0.25) is 5.75 Å². The van der Waals surface area contributed by atoms with Gasteiger partial charge in [-0.2, -0.15) is 0 Å². The zero-order chi connectivity index (χ0) is 17.3. The molecule has 0 saturated heterocycles. The molecule has 1 aromatic carbocycles. The molecule has 123 valence electrons. The molecule has 1 radical (unpaired) electrons. The summed E-state index contributed by atoms with van der Waals surface area (Å²) >= 11 is 0. The average molecular weight is 325 g/mol. The Kier molecular flexibility index (Phi) is 5.13. The first kappa shape index (κ1) is 18.7. The highest BCUT2D eigenvalue weighted by Crippen LogP contribution is 2.28. The molecule has 0 aliphatic rings. The summed E-state index contributed by atoms with van der Waals surface area (Å²) < 4.78 is 71.6. The summed E-state index contributed by atoms with van der Waals surface area (Å²) in [6.45, 7) is 6.03. The minimum atomic E-state index is -5.20. The number of rotatable bonds is 5. The van der Waals surface area contributed by atoms with Crippen LogP contribution in [0.1, 0.15) is 27.7 Å².